The van der Waals surface area contributed by atoms with Crippen molar-refractivity contribution in [1.29, 1.82) is 0 Å². The van der Waals surface area contributed by atoms with Crippen molar-refractivity contribution in [3.8, 4) is 0 Å². The van der Waals surface area contributed by atoms with Gasteiger partial charge in [-0.3, -0.25) is 4.79 Å². The molecule has 0 aliphatic heterocycles. The SMILES string of the molecule is CCC(C)C(=O)OCC(C)(O)C(F)(F)F. The molecule has 1 N–H and O–H groups in total. The Balaban J connectivity index is 4.22. The number of carbonyl (C=O) groups excluding carboxylic acids is 1. The van der Waals surface area contributed by atoms with Crippen molar-refractivity contribution in [2.45, 2.75) is 39.0 Å². The van der Waals surface area contributed by atoms with Crippen LogP contribution in [0.5, 0.6) is 0 Å². The van der Waals surface area contributed by atoms with Crippen LogP contribution < -0.4 is 0 Å². The summed E-state index contributed by atoms with van der Waals surface area (Å²) in [6, 6.07) is 0. The normalized spacial score (nSPS) is 18.1. The first kappa shape index (κ1) is 14.2. The van der Waals surface area contributed by atoms with E-state index in [2.05, 4.69) is 4.74 Å². The van der Waals surface area contributed by atoms with E-state index in [1.165, 1.54) is 0 Å². The first-order valence-electron chi connectivity index (χ1n) is 4.57. The molecular formula is C9H15F3O3. The molecule has 0 aromatic heterocycles. The zero-order chi connectivity index (χ0) is 12.3. The lowest BCUT2D eigenvalue weighted by Gasteiger charge is -2.26. The summed E-state index contributed by atoms with van der Waals surface area (Å²) in [7, 11) is 0. The van der Waals surface area contributed by atoms with Gasteiger partial charge in [-0.1, -0.05) is 13.8 Å². The molecule has 0 amide bonds. The van der Waals surface area contributed by atoms with Crippen LogP contribution in [-0.4, -0.2) is 29.5 Å². The Morgan fingerprint density at radius 3 is 2.27 bits per heavy atom. The molecule has 0 aromatic rings. The third-order valence-electron chi connectivity index (χ3n) is 2.12. The van der Waals surface area contributed by atoms with Crippen LogP contribution >= 0.6 is 0 Å². The molecule has 0 heterocycles. The second-order valence-electron chi connectivity index (χ2n) is 3.69. The number of hydrogen-bond acceptors (Lipinski definition) is 3. The number of hydrogen-bond donors (Lipinski definition) is 1. The topological polar surface area (TPSA) is 46.5 Å². The number of aliphatic hydroxyl groups is 1. The summed E-state index contributed by atoms with van der Waals surface area (Å²) >= 11 is 0. The maximum atomic E-state index is 12.1. The summed E-state index contributed by atoms with van der Waals surface area (Å²) in [4.78, 5) is 11.0. The van der Waals surface area contributed by atoms with Crippen molar-refractivity contribution in [3.63, 3.8) is 0 Å². The zero-order valence-corrected chi connectivity index (χ0v) is 8.89. The second-order valence-corrected chi connectivity index (χ2v) is 3.69. The Labute approximate surface area is 86.2 Å². The van der Waals surface area contributed by atoms with Gasteiger partial charge in [-0.2, -0.15) is 13.2 Å². The summed E-state index contributed by atoms with van der Waals surface area (Å²) < 4.78 is 40.8. The van der Waals surface area contributed by atoms with Crippen molar-refractivity contribution in [1.82, 2.24) is 0 Å². The first-order valence-corrected chi connectivity index (χ1v) is 4.57. The molecule has 0 saturated heterocycles. The van der Waals surface area contributed by atoms with Crippen LogP contribution in [0.1, 0.15) is 27.2 Å². The van der Waals surface area contributed by atoms with Crippen molar-refractivity contribution in [3.05, 3.63) is 0 Å². The third kappa shape index (κ3) is 4.07. The summed E-state index contributed by atoms with van der Waals surface area (Å²) in [6.45, 7) is 2.76. The summed E-state index contributed by atoms with van der Waals surface area (Å²) in [5.74, 6) is -1.20. The van der Waals surface area contributed by atoms with E-state index in [0.29, 0.717) is 13.3 Å². The molecule has 0 saturated carbocycles. The minimum Gasteiger partial charge on any atom is -0.462 e. The average molecular weight is 228 g/mol. The number of halogens is 3. The van der Waals surface area contributed by atoms with Gasteiger partial charge < -0.3 is 9.84 Å². The molecule has 2 atom stereocenters. The summed E-state index contributed by atoms with van der Waals surface area (Å²) in [5.41, 5.74) is -2.99. The highest BCUT2D eigenvalue weighted by Gasteiger charge is 2.51. The summed E-state index contributed by atoms with van der Waals surface area (Å²) in [6.07, 6.45) is -4.32. The molecule has 0 fully saturated rings. The molecule has 90 valence electrons. The van der Waals surface area contributed by atoms with Gasteiger partial charge in [0.1, 0.15) is 6.61 Å². The minimum absolute atomic E-state index is 0.464. The molecule has 0 rings (SSSR count). The van der Waals surface area contributed by atoms with Crippen LogP contribution in [0.15, 0.2) is 0 Å². The maximum Gasteiger partial charge on any atom is 0.420 e. The molecular weight excluding hydrogens is 213 g/mol. The largest absolute Gasteiger partial charge is 0.462 e. The number of ether oxygens (including phenoxy) is 1. The van der Waals surface area contributed by atoms with Crippen molar-refractivity contribution in [2.24, 2.45) is 5.92 Å². The van der Waals surface area contributed by atoms with E-state index in [-0.39, 0.29) is 0 Å². The van der Waals surface area contributed by atoms with Gasteiger partial charge in [-0.15, -0.1) is 0 Å². The van der Waals surface area contributed by atoms with Crippen LogP contribution in [0.25, 0.3) is 0 Å². The fraction of sp³-hybridized carbons (Fsp3) is 0.889. The predicted octanol–water partition coefficient (Wildman–Crippen LogP) is 1.89. The Bertz CT molecular complexity index is 223. The van der Waals surface area contributed by atoms with Crippen LogP contribution in [0.2, 0.25) is 0 Å². The zero-order valence-electron chi connectivity index (χ0n) is 8.89. The molecule has 0 radical (unpaired) electrons. The number of esters is 1. The molecule has 0 bridgehead atoms. The molecule has 0 spiro atoms. The van der Waals surface area contributed by atoms with E-state index >= 15 is 0 Å². The molecule has 6 heteroatoms. The number of rotatable bonds is 4. The Morgan fingerprint density at radius 1 is 1.47 bits per heavy atom. The molecule has 3 nitrogen and oxygen atoms in total. The van der Waals surface area contributed by atoms with Crippen LogP contribution in [0.3, 0.4) is 0 Å². The fourth-order valence-corrected chi connectivity index (χ4v) is 0.602. The summed E-state index contributed by atoms with van der Waals surface area (Å²) in [5, 5.41) is 8.95. The monoisotopic (exact) mass is 228 g/mol. The number of alkyl halides is 3. The maximum absolute atomic E-state index is 12.1. The lowest BCUT2D eigenvalue weighted by Crippen LogP contribution is -2.47. The molecule has 2 unspecified atom stereocenters. The average Bonchev–Trinajstić information content (AvgIpc) is 2.11. The van der Waals surface area contributed by atoms with Gasteiger partial charge in [0.05, 0.1) is 5.92 Å². The first-order chi connectivity index (χ1) is 6.62. The van der Waals surface area contributed by atoms with Crippen molar-refractivity contribution in [2.75, 3.05) is 6.61 Å². The lowest BCUT2D eigenvalue weighted by molar-refractivity contribution is -0.265. The fourth-order valence-electron chi connectivity index (χ4n) is 0.602. The van der Waals surface area contributed by atoms with E-state index < -0.39 is 30.3 Å². The van der Waals surface area contributed by atoms with E-state index in [4.69, 9.17) is 5.11 Å². The van der Waals surface area contributed by atoms with Gasteiger partial charge >= 0.3 is 12.1 Å². The van der Waals surface area contributed by atoms with Gasteiger partial charge in [0.2, 0.25) is 0 Å². The highest BCUT2D eigenvalue weighted by atomic mass is 19.4. The Hall–Kier alpha value is -0.780. The van der Waals surface area contributed by atoms with E-state index in [1.807, 2.05) is 0 Å². The Kier molecular flexibility index (Phi) is 4.58. The standard InChI is InChI=1S/C9H15F3O3/c1-4-6(2)7(13)15-5-8(3,14)9(10,11)12/h6,14H,4-5H2,1-3H3. The van der Waals surface area contributed by atoms with Gasteiger partial charge in [0.15, 0.2) is 5.60 Å². The smallest absolute Gasteiger partial charge is 0.420 e. The predicted molar refractivity (Wildman–Crippen MR) is 47.1 cm³/mol. The van der Waals surface area contributed by atoms with E-state index in [1.54, 1.807) is 13.8 Å². The molecule has 15 heavy (non-hydrogen) atoms. The van der Waals surface area contributed by atoms with E-state index in [0.717, 1.165) is 0 Å². The van der Waals surface area contributed by atoms with Gasteiger partial charge in [-0.25, -0.2) is 0 Å². The highest BCUT2D eigenvalue weighted by Crippen LogP contribution is 2.30. The number of carbonyl (C=O) groups is 1. The minimum atomic E-state index is -4.80. The van der Waals surface area contributed by atoms with Crippen molar-refractivity contribution < 1.29 is 27.8 Å². The van der Waals surface area contributed by atoms with Gasteiger partial charge in [-0.05, 0) is 13.3 Å². The van der Waals surface area contributed by atoms with Crippen LogP contribution in [-0.2, 0) is 9.53 Å². The second kappa shape index (κ2) is 4.83. The molecule has 0 aliphatic rings. The molecule has 0 aromatic carbocycles. The lowest BCUT2D eigenvalue weighted by atomic mass is 10.1. The molecule has 0 aliphatic carbocycles. The van der Waals surface area contributed by atoms with Gasteiger partial charge in [0.25, 0.3) is 0 Å². The Morgan fingerprint density at radius 2 is 1.93 bits per heavy atom. The van der Waals surface area contributed by atoms with E-state index in [9.17, 15) is 18.0 Å². The van der Waals surface area contributed by atoms with Crippen LogP contribution in [0, 0.1) is 5.92 Å². The van der Waals surface area contributed by atoms with Crippen molar-refractivity contribution >= 4 is 5.97 Å². The quantitative estimate of drug-likeness (QED) is 0.747. The van der Waals surface area contributed by atoms with Gasteiger partial charge in [0, 0.05) is 0 Å². The van der Waals surface area contributed by atoms with Crippen LogP contribution in [0.4, 0.5) is 13.2 Å². The third-order valence-corrected chi connectivity index (χ3v) is 2.12. The highest BCUT2D eigenvalue weighted by molar-refractivity contribution is 5.71.